The van der Waals surface area contributed by atoms with E-state index >= 15 is 0 Å². The number of halogens is 1. The lowest BCUT2D eigenvalue weighted by Gasteiger charge is -2.08. The van der Waals surface area contributed by atoms with Crippen molar-refractivity contribution in [2.45, 2.75) is 25.3 Å². The van der Waals surface area contributed by atoms with E-state index in [9.17, 15) is 0 Å². The maximum absolute atomic E-state index is 5.88. The van der Waals surface area contributed by atoms with Crippen LogP contribution in [0.25, 0.3) is 0 Å². The molecule has 0 atom stereocenters. The fraction of sp³-hybridized carbons (Fsp3) is 0.500. The summed E-state index contributed by atoms with van der Waals surface area (Å²) in [6, 6.07) is 0. The number of nitrogens with one attached hydrogen (secondary N) is 1. The Labute approximate surface area is 96.7 Å². The lowest BCUT2D eigenvalue weighted by Crippen LogP contribution is -2.15. The highest BCUT2D eigenvalue weighted by Crippen LogP contribution is 2.40. The van der Waals surface area contributed by atoms with Crippen LogP contribution in [-0.2, 0) is 0 Å². The van der Waals surface area contributed by atoms with E-state index in [1.165, 1.54) is 24.2 Å². The van der Waals surface area contributed by atoms with Crippen molar-refractivity contribution < 1.29 is 0 Å². The Morgan fingerprint density at radius 2 is 2.36 bits per heavy atom. The fourth-order valence-corrected chi connectivity index (χ4v) is 2.57. The predicted molar refractivity (Wildman–Crippen MR) is 64.3 cm³/mol. The fourth-order valence-electron chi connectivity index (χ4n) is 1.08. The third kappa shape index (κ3) is 1.99. The summed E-state index contributed by atoms with van der Waals surface area (Å²) in [4.78, 5) is 5.16. The molecule has 1 saturated carbocycles. The van der Waals surface area contributed by atoms with E-state index in [0.717, 1.165) is 5.13 Å². The zero-order chi connectivity index (χ0) is 10.3. The van der Waals surface area contributed by atoms with Crippen LogP contribution >= 0.6 is 35.2 Å². The van der Waals surface area contributed by atoms with Crippen LogP contribution in [0.15, 0.2) is 0 Å². The second kappa shape index (κ2) is 3.32. The Bertz CT molecular complexity index is 384. The molecular weight excluding hydrogens is 238 g/mol. The van der Waals surface area contributed by atoms with E-state index in [4.69, 9.17) is 29.6 Å². The Hall–Kier alpha value is -0.390. The summed E-state index contributed by atoms with van der Waals surface area (Å²) in [7, 11) is 0. The van der Waals surface area contributed by atoms with Gasteiger partial charge >= 0.3 is 0 Å². The Balaban J connectivity index is 2.19. The van der Waals surface area contributed by atoms with Gasteiger partial charge in [-0.15, -0.1) is 0 Å². The first kappa shape index (κ1) is 10.1. The summed E-state index contributed by atoms with van der Waals surface area (Å²) in [5, 5.41) is 4.52. The third-order valence-corrected chi connectivity index (χ3v) is 3.94. The molecule has 14 heavy (non-hydrogen) atoms. The molecule has 0 aromatic carbocycles. The van der Waals surface area contributed by atoms with Crippen LogP contribution in [0.2, 0.25) is 5.15 Å². The van der Waals surface area contributed by atoms with Crippen molar-refractivity contribution in [3.05, 3.63) is 10.0 Å². The van der Waals surface area contributed by atoms with Gasteiger partial charge in [-0.25, -0.2) is 4.98 Å². The Kier molecular flexibility index (Phi) is 2.41. The molecule has 0 spiro atoms. The number of hydrogen-bond donors (Lipinski definition) is 2. The van der Waals surface area contributed by atoms with Gasteiger partial charge in [0.05, 0.1) is 0 Å². The Morgan fingerprint density at radius 1 is 1.71 bits per heavy atom. The van der Waals surface area contributed by atoms with Crippen molar-refractivity contribution in [1.29, 1.82) is 0 Å². The molecule has 3 nitrogen and oxygen atoms in total. The molecular formula is C8H10ClN3S2. The smallest absolute Gasteiger partial charge is 0.185 e. The maximum Gasteiger partial charge on any atom is 0.185 e. The predicted octanol–water partition coefficient (Wildman–Crippen LogP) is 2.40. The van der Waals surface area contributed by atoms with E-state index in [-0.39, 0.29) is 5.54 Å². The van der Waals surface area contributed by atoms with E-state index < -0.39 is 0 Å². The number of rotatable bonds is 3. The number of hydrogen-bond acceptors (Lipinski definition) is 4. The van der Waals surface area contributed by atoms with Crippen molar-refractivity contribution in [2.24, 2.45) is 5.73 Å². The molecule has 1 fully saturated rings. The van der Waals surface area contributed by atoms with Crippen LogP contribution in [0.3, 0.4) is 0 Å². The summed E-state index contributed by atoms with van der Waals surface area (Å²) in [6.07, 6.45) is 2.35. The summed E-state index contributed by atoms with van der Waals surface area (Å²) in [6.45, 7) is 2.16. The van der Waals surface area contributed by atoms with Crippen molar-refractivity contribution in [3.63, 3.8) is 0 Å². The number of nitrogens with two attached hydrogens (primary N) is 1. The van der Waals surface area contributed by atoms with Crippen LogP contribution in [0.1, 0.15) is 24.6 Å². The third-order valence-electron chi connectivity index (χ3n) is 2.22. The topological polar surface area (TPSA) is 50.9 Å². The van der Waals surface area contributed by atoms with Gasteiger partial charge in [0.25, 0.3) is 0 Å². The van der Waals surface area contributed by atoms with E-state index in [1.54, 1.807) is 0 Å². The first-order chi connectivity index (χ1) is 6.50. The molecule has 0 radical (unpaired) electrons. The molecule has 1 aromatic rings. The van der Waals surface area contributed by atoms with Gasteiger partial charge in [-0.1, -0.05) is 35.2 Å². The minimum Gasteiger partial charge on any atom is -0.389 e. The Morgan fingerprint density at radius 3 is 2.79 bits per heavy atom. The molecule has 0 bridgehead atoms. The SMILES string of the molecule is CC1(Nc2nc(Cl)c(C(N)=S)s2)CC1. The zero-order valence-corrected chi connectivity index (χ0v) is 10.0. The molecule has 76 valence electrons. The summed E-state index contributed by atoms with van der Waals surface area (Å²) >= 11 is 12.2. The monoisotopic (exact) mass is 247 g/mol. The van der Waals surface area contributed by atoms with Gasteiger partial charge in [-0.2, -0.15) is 0 Å². The highest BCUT2D eigenvalue weighted by atomic mass is 35.5. The first-order valence-electron chi connectivity index (χ1n) is 4.24. The lowest BCUT2D eigenvalue weighted by atomic mass is 10.3. The minimum absolute atomic E-state index is 0.203. The van der Waals surface area contributed by atoms with E-state index in [2.05, 4.69) is 17.2 Å². The van der Waals surface area contributed by atoms with Crippen LogP contribution in [-0.4, -0.2) is 15.5 Å². The molecule has 3 N–H and O–H groups in total. The van der Waals surface area contributed by atoms with E-state index in [1.807, 2.05) is 0 Å². The van der Waals surface area contributed by atoms with Crippen LogP contribution < -0.4 is 11.1 Å². The van der Waals surface area contributed by atoms with Crippen molar-refractivity contribution in [1.82, 2.24) is 4.98 Å². The quantitative estimate of drug-likeness (QED) is 0.806. The second-order valence-corrected chi connectivity index (χ2v) is 5.49. The normalized spacial score (nSPS) is 17.9. The standard InChI is InChI=1S/C8H10ClN3S2/c1-8(2-3-8)12-7-11-5(9)4(14-7)6(10)13/h2-3H2,1H3,(H2,10,13)(H,11,12). The van der Waals surface area contributed by atoms with Gasteiger partial charge < -0.3 is 11.1 Å². The highest BCUT2D eigenvalue weighted by molar-refractivity contribution is 7.81. The summed E-state index contributed by atoms with van der Waals surface area (Å²) < 4.78 is 0. The second-order valence-electron chi connectivity index (χ2n) is 3.69. The van der Waals surface area contributed by atoms with Gasteiger partial charge in [0.15, 0.2) is 10.3 Å². The summed E-state index contributed by atoms with van der Waals surface area (Å²) in [5.41, 5.74) is 5.70. The van der Waals surface area contributed by atoms with E-state index in [0.29, 0.717) is 15.0 Å². The highest BCUT2D eigenvalue weighted by Gasteiger charge is 2.38. The molecule has 1 heterocycles. The van der Waals surface area contributed by atoms with Crippen LogP contribution in [0.5, 0.6) is 0 Å². The molecule has 0 unspecified atom stereocenters. The van der Waals surface area contributed by atoms with Crippen LogP contribution in [0.4, 0.5) is 5.13 Å². The lowest BCUT2D eigenvalue weighted by molar-refractivity contribution is 0.827. The average Bonchev–Trinajstić information content (AvgIpc) is 2.65. The van der Waals surface area contributed by atoms with Gasteiger partial charge in [-0.05, 0) is 19.8 Å². The van der Waals surface area contributed by atoms with Gasteiger partial charge in [0.2, 0.25) is 0 Å². The molecule has 1 aromatic heterocycles. The molecule has 6 heteroatoms. The average molecular weight is 248 g/mol. The molecule has 0 amide bonds. The minimum atomic E-state index is 0.203. The number of anilines is 1. The molecule has 0 saturated heterocycles. The number of aromatic nitrogens is 1. The molecule has 1 aliphatic rings. The largest absolute Gasteiger partial charge is 0.389 e. The van der Waals surface area contributed by atoms with Gasteiger partial charge in [0, 0.05) is 5.54 Å². The molecule has 2 rings (SSSR count). The summed E-state index contributed by atoms with van der Waals surface area (Å²) in [5.74, 6) is 0. The molecule has 1 aliphatic carbocycles. The van der Waals surface area contributed by atoms with Crippen molar-refractivity contribution in [2.75, 3.05) is 5.32 Å². The number of thiazole rings is 1. The number of thiocarbonyl (C=S) groups is 1. The first-order valence-corrected chi connectivity index (χ1v) is 5.85. The van der Waals surface area contributed by atoms with Crippen molar-refractivity contribution >= 4 is 45.3 Å². The maximum atomic E-state index is 5.88. The van der Waals surface area contributed by atoms with Crippen LogP contribution in [0, 0.1) is 0 Å². The zero-order valence-electron chi connectivity index (χ0n) is 7.63. The number of nitrogens with zero attached hydrogens (tertiary/aromatic N) is 1. The van der Waals surface area contributed by atoms with Crippen molar-refractivity contribution in [3.8, 4) is 0 Å². The van der Waals surface area contributed by atoms with Gasteiger partial charge in [0.1, 0.15) is 9.87 Å². The molecule has 0 aliphatic heterocycles. The van der Waals surface area contributed by atoms with Gasteiger partial charge in [-0.3, -0.25) is 0 Å².